The molecule has 0 amide bonds. The lowest BCUT2D eigenvalue weighted by molar-refractivity contribution is 0.253. The summed E-state index contributed by atoms with van der Waals surface area (Å²) in [4.78, 5) is 4.51. The molecule has 106 valence electrons. The van der Waals surface area contributed by atoms with Crippen LogP contribution >= 0.6 is 15.9 Å². The van der Waals surface area contributed by atoms with E-state index in [1.807, 2.05) is 6.20 Å². The second-order valence-corrected chi connectivity index (χ2v) is 6.79. The number of hydrogen-bond acceptors (Lipinski definition) is 3. The van der Waals surface area contributed by atoms with Gasteiger partial charge in [-0.05, 0) is 36.9 Å². The number of benzene rings is 1. The lowest BCUT2D eigenvalue weighted by Gasteiger charge is -2.34. The zero-order valence-corrected chi connectivity index (χ0v) is 13.3. The summed E-state index contributed by atoms with van der Waals surface area (Å²) in [6, 6.07) is 8.30. The minimum absolute atomic E-state index is 0.314. The Kier molecular flexibility index (Phi) is 3.94. The van der Waals surface area contributed by atoms with Crippen molar-refractivity contribution in [2.24, 2.45) is 5.41 Å². The quantitative estimate of drug-likeness (QED) is 0.896. The van der Waals surface area contributed by atoms with Gasteiger partial charge in [-0.3, -0.25) is 0 Å². The molecule has 2 heterocycles. The van der Waals surface area contributed by atoms with E-state index in [9.17, 15) is 0 Å². The number of fused-ring (bicyclic) bond motifs is 1. The van der Waals surface area contributed by atoms with Crippen LogP contribution in [0.1, 0.15) is 19.8 Å². The molecule has 2 aromatic rings. The van der Waals surface area contributed by atoms with Crippen molar-refractivity contribution >= 4 is 32.5 Å². The molecule has 0 saturated carbocycles. The summed E-state index contributed by atoms with van der Waals surface area (Å²) < 4.78 is 1.12. The molecule has 0 aliphatic carbocycles. The Morgan fingerprint density at radius 2 is 2.25 bits per heavy atom. The van der Waals surface area contributed by atoms with Crippen molar-refractivity contribution in [3.63, 3.8) is 0 Å². The molecule has 1 saturated heterocycles. The van der Waals surface area contributed by atoms with E-state index in [0.717, 1.165) is 29.9 Å². The van der Waals surface area contributed by atoms with Crippen molar-refractivity contribution in [1.82, 2.24) is 10.3 Å². The molecule has 1 unspecified atom stereocenters. The minimum Gasteiger partial charge on any atom is -0.369 e. The van der Waals surface area contributed by atoms with Crippen molar-refractivity contribution in [2.75, 3.05) is 25.0 Å². The van der Waals surface area contributed by atoms with Crippen LogP contribution in [0.15, 0.2) is 34.9 Å². The first-order valence-corrected chi connectivity index (χ1v) is 7.95. The third-order valence-electron chi connectivity index (χ3n) is 4.12. The van der Waals surface area contributed by atoms with Gasteiger partial charge in [0.25, 0.3) is 0 Å². The second-order valence-electron chi connectivity index (χ2n) is 5.94. The van der Waals surface area contributed by atoms with Crippen molar-refractivity contribution in [2.45, 2.75) is 19.8 Å². The predicted molar refractivity (Wildman–Crippen MR) is 88.1 cm³/mol. The van der Waals surface area contributed by atoms with Gasteiger partial charge in [0, 0.05) is 34.5 Å². The molecule has 3 nitrogen and oxygen atoms in total. The van der Waals surface area contributed by atoms with Crippen LogP contribution in [0, 0.1) is 5.41 Å². The SMILES string of the molecule is CC1(CNc2nccc3c(Br)cccc23)CCCNC1. The number of hydrogen-bond donors (Lipinski definition) is 2. The highest BCUT2D eigenvalue weighted by Gasteiger charge is 2.26. The van der Waals surface area contributed by atoms with Gasteiger partial charge in [0.1, 0.15) is 5.82 Å². The molecule has 0 bridgehead atoms. The largest absolute Gasteiger partial charge is 0.369 e. The molecule has 0 radical (unpaired) electrons. The number of nitrogens with one attached hydrogen (secondary N) is 2. The molecule has 1 fully saturated rings. The summed E-state index contributed by atoms with van der Waals surface area (Å²) >= 11 is 3.60. The van der Waals surface area contributed by atoms with Crippen LogP contribution in [0.5, 0.6) is 0 Å². The lowest BCUT2D eigenvalue weighted by Crippen LogP contribution is -2.42. The second kappa shape index (κ2) is 5.70. The molecular weight excluding hydrogens is 314 g/mol. The number of anilines is 1. The van der Waals surface area contributed by atoms with Gasteiger partial charge in [-0.2, -0.15) is 0 Å². The Labute approximate surface area is 128 Å². The predicted octanol–water partition coefficient (Wildman–Crippen LogP) is 3.80. The highest BCUT2D eigenvalue weighted by atomic mass is 79.9. The standard InChI is InChI=1S/C16H20BrN3/c1-16(7-3-8-18-10-16)11-20-15-13-4-2-5-14(17)12(13)6-9-19-15/h2,4-6,9,18H,3,7-8,10-11H2,1H3,(H,19,20). The normalized spacial score (nSPS) is 22.9. The summed E-state index contributed by atoms with van der Waals surface area (Å²) in [5.41, 5.74) is 0.314. The highest BCUT2D eigenvalue weighted by Crippen LogP contribution is 2.30. The summed E-state index contributed by atoms with van der Waals surface area (Å²) in [5, 5.41) is 9.42. The van der Waals surface area contributed by atoms with Crippen molar-refractivity contribution in [1.29, 1.82) is 0 Å². The maximum Gasteiger partial charge on any atom is 0.133 e. The molecule has 3 rings (SSSR count). The summed E-state index contributed by atoms with van der Waals surface area (Å²) in [6.07, 6.45) is 4.39. The Balaban J connectivity index is 1.82. The number of halogens is 1. The van der Waals surface area contributed by atoms with Crippen LogP contribution < -0.4 is 10.6 Å². The Morgan fingerprint density at radius 3 is 3.05 bits per heavy atom. The summed E-state index contributed by atoms with van der Waals surface area (Å²) in [7, 11) is 0. The van der Waals surface area contributed by atoms with Crippen molar-refractivity contribution < 1.29 is 0 Å². The fourth-order valence-corrected chi connectivity index (χ4v) is 3.37. The molecule has 1 atom stereocenters. The van der Waals surface area contributed by atoms with Gasteiger partial charge in [-0.25, -0.2) is 4.98 Å². The first-order valence-electron chi connectivity index (χ1n) is 7.16. The molecule has 0 spiro atoms. The van der Waals surface area contributed by atoms with Gasteiger partial charge in [0.05, 0.1) is 0 Å². The van der Waals surface area contributed by atoms with Crippen LogP contribution in [-0.4, -0.2) is 24.6 Å². The number of rotatable bonds is 3. The van der Waals surface area contributed by atoms with Gasteiger partial charge >= 0.3 is 0 Å². The first-order chi connectivity index (χ1) is 9.68. The van der Waals surface area contributed by atoms with Gasteiger partial charge in [0.15, 0.2) is 0 Å². The van der Waals surface area contributed by atoms with E-state index in [1.54, 1.807) is 0 Å². The third kappa shape index (κ3) is 2.81. The molecule has 1 aromatic carbocycles. The lowest BCUT2D eigenvalue weighted by atomic mass is 9.83. The van der Waals surface area contributed by atoms with Crippen LogP contribution in [0.25, 0.3) is 10.8 Å². The Morgan fingerprint density at radius 1 is 1.35 bits per heavy atom. The molecule has 4 heteroatoms. The summed E-state index contributed by atoms with van der Waals surface area (Å²) in [5.74, 6) is 0.982. The molecular formula is C16H20BrN3. The minimum atomic E-state index is 0.314. The van der Waals surface area contributed by atoms with E-state index in [-0.39, 0.29) is 0 Å². The van der Waals surface area contributed by atoms with Gasteiger partial charge in [-0.1, -0.05) is 35.0 Å². The number of piperidine rings is 1. The fraction of sp³-hybridized carbons (Fsp3) is 0.438. The number of aromatic nitrogens is 1. The average molecular weight is 334 g/mol. The Bertz CT molecular complexity index is 606. The van der Waals surface area contributed by atoms with E-state index in [4.69, 9.17) is 0 Å². The van der Waals surface area contributed by atoms with Crippen LogP contribution in [0.4, 0.5) is 5.82 Å². The number of pyridine rings is 1. The Hall–Kier alpha value is -1.13. The third-order valence-corrected chi connectivity index (χ3v) is 4.81. The van der Waals surface area contributed by atoms with E-state index < -0.39 is 0 Å². The maximum absolute atomic E-state index is 4.51. The zero-order valence-electron chi connectivity index (χ0n) is 11.7. The van der Waals surface area contributed by atoms with E-state index in [2.05, 4.69) is 62.7 Å². The maximum atomic E-state index is 4.51. The number of nitrogens with zero attached hydrogens (tertiary/aromatic N) is 1. The van der Waals surface area contributed by atoms with Crippen molar-refractivity contribution in [3.8, 4) is 0 Å². The monoisotopic (exact) mass is 333 g/mol. The van der Waals surface area contributed by atoms with E-state index in [1.165, 1.54) is 23.6 Å². The first kappa shape index (κ1) is 13.8. The fourth-order valence-electron chi connectivity index (χ4n) is 2.88. The van der Waals surface area contributed by atoms with Gasteiger partial charge < -0.3 is 10.6 Å². The van der Waals surface area contributed by atoms with E-state index >= 15 is 0 Å². The molecule has 20 heavy (non-hydrogen) atoms. The van der Waals surface area contributed by atoms with Gasteiger partial charge in [0.2, 0.25) is 0 Å². The smallest absolute Gasteiger partial charge is 0.133 e. The van der Waals surface area contributed by atoms with Crippen LogP contribution in [0.2, 0.25) is 0 Å². The summed E-state index contributed by atoms with van der Waals surface area (Å²) in [6.45, 7) is 5.52. The van der Waals surface area contributed by atoms with Crippen LogP contribution in [0.3, 0.4) is 0 Å². The topological polar surface area (TPSA) is 37.0 Å². The molecule has 2 N–H and O–H groups in total. The van der Waals surface area contributed by atoms with Gasteiger partial charge in [-0.15, -0.1) is 0 Å². The highest BCUT2D eigenvalue weighted by molar-refractivity contribution is 9.10. The van der Waals surface area contributed by atoms with Crippen LogP contribution in [-0.2, 0) is 0 Å². The van der Waals surface area contributed by atoms with E-state index in [0.29, 0.717) is 5.41 Å². The average Bonchev–Trinajstić information content (AvgIpc) is 2.47. The molecule has 1 aliphatic rings. The zero-order chi connectivity index (χ0) is 14.0. The van der Waals surface area contributed by atoms with Crippen molar-refractivity contribution in [3.05, 3.63) is 34.9 Å². The molecule has 1 aromatic heterocycles. The molecule has 1 aliphatic heterocycles.